The second kappa shape index (κ2) is 7.82. The van der Waals surface area contributed by atoms with E-state index in [4.69, 9.17) is 9.72 Å². The lowest BCUT2D eigenvalue weighted by Gasteiger charge is -2.11. The lowest BCUT2D eigenvalue weighted by molar-refractivity contribution is 0.415. The fourth-order valence-corrected chi connectivity index (χ4v) is 3.36. The number of ether oxygens (including phenoxy) is 1. The summed E-state index contributed by atoms with van der Waals surface area (Å²) in [5, 5.41) is 0.569. The van der Waals surface area contributed by atoms with Crippen LogP contribution in [0.3, 0.4) is 0 Å². The number of methoxy groups -OCH3 is 1. The first-order valence-corrected chi connectivity index (χ1v) is 9.55. The molecule has 5 heteroatoms. The van der Waals surface area contributed by atoms with E-state index in [0.717, 1.165) is 21.5 Å². The zero-order valence-electron chi connectivity index (χ0n) is 15.2. The van der Waals surface area contributed by atoms with Crippen molar-refractivity contribution >= 4 is 39.0 Å². The van der Waals surface area contributed by atoms with Crippen LogP contribution in [0.4, 0.5) is 0 Å². The Morgan fingerprint density at radius 1 is 0.964 bits per heavy atom. The predicted molar refractivity (Wildman–Crippen MR) is 117 cm³/mol. The minimum atomic E-state index is -0.105. The zero-order valence-corrected chi connectivity index (χ0v) is 16.8. The number of benzene rings is 3. The van der Waals surface area contributed by atoms with Crippen molar-refractivity contribution in [2.24, 2.45) is 0 Å². The van der Waals surface area contributed by atoms with E-state index in [1.54, 1.807) is 17.7 Å². The van der Waals surface area contributed by atoms with Crippen LogP contribution < -0.4 is 10.3 Å². The van der Waals surface area contributed by atoms with Gasteiger partial charge < -0.3 is 4.74 Å². The van der Waals surface area contributed by atoms with Gasteiger partial charge in [0.2, 0.25) is 0 Å². The predicted octanol–water partition coefficient (Wildman–Crippen LogP) is 5.33. The van der Waals surface area contributed by atoms with Gasteiger partial charge in [0.1, 0.15) is 11.6 Å². The molecule has 0 aliphatic carbocycles. The molecular weight excluding hydrogens is 416 g/mol. The van der Waals surface area contributed by atoms with Crippen LogP contribution in [0.5, 0.6) is 5.75 Å². The van der Waals surface area contributed by atoms with Crippen molar-refractivity contribution in [3.63, 3.8) is 0 Å². The summed E-state index contributed by atoms with van der Waals surface area (Å²) in [5.74, 6) is 1.37. The monoisotopic (exact) mass is 432 g/mol. The van der Waals surface area contributed by atoms with Gasteiger partial charge in [-0.2, -0.15) is 0 Å². The average Bonchev–Trinajstić information content (AvgIpc) is 2.74. The number of nitrogens with zero attached hydrogens (tertiary/aromatic N) is 2. The van der Waals surface area contributed by atoms with Gasteiger partial charge in [0.05, 0.1) is 23.7 Å². The molecule has 0 aliphatic rings. The highest BCUT2D eigenvalue weighted by Gasteiger charge is 2.11. The fourth-order valence-electron chi connectivity index (χ4n) is 3.00. The molecule has 0 N–H and O–H groups in total. The Balaban J connectivity index is 1.89. The van der Waals surface area contributed by atoms with E-state index >= 15 is 0 Å². The van der Waals surface area contributed by atoms with Gasteiger partial charge in [-0.15, -0.1) is 0 Å². The van der Waals surface area contributed by atoms with Crippen LogP contribution >= 0.6 is 15.9 Å². The molecule has 138 valence electrons. The number of para-hydroxylation sites is 1. The van der Waals surface area contributed by atoms with E-state index in [9.17, 15) is 4.79 Å². The normalized spacial score (nSPS) is 11.2. The Kier molecular flexibility index (Phi) is 5.08. The Labute approximate surface area is 170 Å². The van der Waals surface area contributed by atoms with Crippen molar-refractivity contribution in [3.8, 4) is 11.4 Å². The van der Waals surface area contributed by atoms with E-state index in [1.165, 1.54) is 0 Å². The summed E-state index contributed by atoms with van der Waals surface area (Å²) in [6.07, 6.45) is 3.79. The van der Waals surface area contributed by atoms with Crippen molar-refractivity contribution in [3.05, 3.63) is 99.0 Å². The van der Waals surface area contributed by atoms with Crippen molar-refractivity contribution in [2.45, 2.75) is 0 Å². The van der Waals surface area contributed by atoms with Crippen molar-refractivity contribution in [1.29, 1.82) is 0 Å². The van der Waals surface area contributed by atoms with Crippen molar-refractivity contribution in [2.75, 3.05) is 7.11 Å². The Morgan fingerprint density at radius 3 is 2.43 bits per heavy atom. The maximum atomic E-state index is 13.2. The molecule has 0 bridgehead atoms. The average molecular weight is 433 g/mol. The third-order valence-electron chi connectivity index (χ3n) is 4.41. The van der Waals surface area contributed by atoms with E-state index in [-0.39, 0.29) is 5.56 Å². The van der Waals surface area contributed by atoms with Crippen LogP contribution in [0.25, 0.3) is 28.7 Å². The lowest BCUT2D eigenvalue weighted by atomic mass is 10.2. The van der Waals surface area contributed by atoms with Gasteiger partial charge >= 0.3 is 0 Å². The van der Waals surface area contributed by atoms with Gasteiger partial charge in [-0.3, -0.25) is 9.36 Å². The summed E-state index contributed by atoms with van der Waals surface area (Å²) in [6.45, 7) is 0. The first-order chi connectivity index (χ1) is 13.7. The van der Waals surface area contributed by atoms with Crippen LogP contribution in [-0.2, 0) is 0 Å². The van der Waals surface area contributed by atoms with Crippen molar-refractivity contribution in [1.82, 2.24) is 9.55 Å². The maximum Gasteiger partial charge on any atom is 0.266 e. The van der Waals surface area contributed by atoms with E-state index in [0.29, 0.717) is 16.7 Å². The third kappa shape index (κ3) is 3.62. The van der Waals surface area contributed by atoms with Crippen molar-refractivity contribution < 1.29 is 4.74 Å². The number of halogens is 1. The molecule has 4 rings (SSSR count). The number of hydrogen-bond acceptors (Lipinski definition) is 3. The van der Waals surface area contributed by atoms with Crippen LogP contribution in [0.15, 0.2) is 82.1 Å². The Morgan fingerprint density at radius 2 is 1.71 bits per heavy atom. The lowest BCUT2D eigenvalue weighted by Crippen LogP contribution is -2.22. The van der Waals surface area contributed by atoms with Gasteiger partial charge in [0.15, 0.2) is 0 Å². The van der Waals surface area contributed by atoms with Gasteiger partial charge in [-0.25, -0.2) is 4.98 Å². The summed E-state index contributed by atoms with van der Waals surface area (Å²) in [7, 11) is 1.64. The Bertz CT molecular complexity index is 1210. The molecular formula is C23H17BrN2O2. The molecule has 0 saturated heterocycles. The standard InChI is InChI=1S/C23H17BrN2O2/c1-28-19-11-7-16(8-12-19)9-14-22-25-21-13-10-17(24)15-20(21)23(27)26(22)18-5-3-2-4-6-18/h2-15H,1H3/b14-9+. The maximum absolute atomic E-state index is 13.2. The van der Waals surface area contributed by atoms with E-state index in [1.807, 2.05) is 78.9 Å². The number of aromatic nitrogens is 2. The minimum absolute atomic E-state index is 0.105. The van der Waals surface area contributed by atoms with Gasteiger partial charge in [-0.05, 0) is 54.1 Å². The molecule has 0 amide bonds. The molecule has 0 spiro atoms. The number of rotatable bonds is 4. The summed E-state index contributed by atoms with van der Waals surface area (Å²) < 4.78 is 7.68. The molecule has 4 aromatic rings. The Hall–Kier alpha value is -3.18. The zero-order chi connectivity index (χ0) is 19.5. The summed E-state index contributed by atoms with van der Waals surface area (Å²) >= 11 is 3.44. The molecule has 0 fully saturated rings. The number of hydrogen-bond donors (Lipinski definition) is 0. The highest BCUT2D eigenvalue weighted by molar-refractivity contribution is 9.10. The smallest absolute Gasteiger partial charge is 0.266 e. The van der Waals surface area contributed by atoms with Gasteiger partial charge in [-0.1, -0.05) is 52.3 Å². The minimum Gasteiger partial charge on any atom is -0.497 e. The molecule has 1 aromatic heterocycles. The van der Waals surface area contributed by atoms with E-state index in [2.05, 4.69) is 15.9 Å². The van der Waals surface area contributed by atoms with E-state index < -0.39 is 0 Å². The highest BCUT2D eigenvalue weighted by Crippen LogP contribution is 2.19. The molecule has 28 heavy (non-hydrogen) atoms. The summed E-state index contributed by atoms with van der Waals surface area (Å²) in [6, 6.07) is 22.8. The third-order valence-corrected chi connectivity index (χ3v) is 4.90. The summed E-state index contributed by atoms with van der Waals surface area (Å²) in [5.41, 5.74) is 2.32. The molecule has 0 radical (unpaired) electrons. The fraction of sp³-hybridized carbons (Fsp3) is 0.0435. The topological polar surface area (TPSA) is 44.1 Å². The van der Waals surface area contributed by atoms with Gasteiger partial charge in [0.25, 0.3) is 5.56 Å². The largest absolute Gasteiger partial charge is 0.497 e. The number of fused-ring (bicyclic) bond motifs is 1. The second-order valence-corrected chi connectivity index (χ2v) is 7.13. The molecule has 0 saturated carbocycles. The SMILES string of the molecule is COc1ccc(/C=C/c2nc3ccc(Br)cc3c(=O)n2-c2ccccc2)cc1. The molecule has 1 heterocycles. The van der Waals surface area contributed by atoms with Crippen LogP contribution in [0.2, 0.25) is 0 Å². The van der Waals surface area contributed by atoms with Crippen LogP contribution in [0.1, 0.15) is 11.4 Å². The first kappa shape index (κ1) is 18.2. The first-order valence-electron chi connectivity index (χ1n) is 8.75. The van der Waals surface area contributed by atoms with Crippen LogP contribution in [0, 0.1) is 0 Å². The second-order valence-electron chi connectivity index (χ2n) is 6.21. The molecule has 0 aliphatic heterocycles. The quantitative estimate of drug-likeness (QED) is 0.437. The molecule has 0 unspecified atom stereocenters. The molecule has 4 nitrogen and oxygen atoms in total. The highest BCUT2D eigenvalue weighted by atomic mass is 79.9. The molecule has 3 aromatic carbocycles. The van der Waals surface area contributed by atoms with Crippen LogP contribution in [-0.4, -0.2) is 16.7 Å². The molecule has 0 atom stereocenters. The van der Waals surface area contributed by atoms with Gasteiger partial charge in [0, 0.05) is 4.47 Å². The summed E-state index contributed by atoms with van der Waals surface area (Å²) in [4.78, 5) is 18.0.